The summed E-state index contributed by atoms with van der Waals surface area (Å²) in [5.41, 5.74) is 5.04. The normalized spacial score (nSPS) is 8.75. The fourth-order valence-electron chi connectivity index (χ4n) is 0.549. The molecule has 0 saturated heterocycles. The lowest BCUT2D eigenvalue weighted by atomic mass is 10.3. The van der Waals surface area contributed by atoms with Crippen molar-refractivity contribution in [3.63, 3.8) is 0 Å². The molecule has 0 aliphatic rings. The van der Waals surface area contributed by atoms with E-state index < -0.39 is 5.97 Å². The number of carbonyl (C=O) groups is 1. The third-order valence-corrected chi connectivity index (χ3v) is 1.21. The summed E-state index contributed by atoms with van der Waals surface area (Å²) in [7, 11) is 0. The molecule has 0 unspecified atom stereocenters. The quantitative estimate of drug-likeness (QED) is 0.716. The van der Waals surface area contributed by atoms with Gasteiger partial charge in [0.05, 0.1) is 0 Å². The van der Waals surface area contributed by atoms with Crippen LogP contribution in [-0.2, 0) is 0 Å². The minimum Gasteiger partial charge on any atom is -0.478 e. The first-order valence-electron chi connectivity index (χ1n) is 2.63. The summed E-state index contributed by atoms with van der Waals surface area (Å²) in [5, 5.41) is 15.2. The zero-order valence-electron chi connectivity index (χ0n) is 5.69. The van der Waals surface area contributed by atoms with Crippen molar-refractivity contribution in [2.45, 2.75) is 0 Å². The number of nitrogens with two attached hydrogens (primary N) is 1. The highest BCUT2D eigenvalue weighted by atomic mass is 35.5. The maximum Gasteiger partial charge on any atom is 0.339 e. The Hall–Kier alpha value is -1.07. The number of aromatic carboxylic acids is 1. The minimum atomic E-state index is -1.17. The third-order valence-electron chi connectivity index (χ3n) is 1.02. The Morgan fingerprint density at radius 3 is 2.58 bits per heavy atom. The van der Waals surface area contributed by atoms with Crippen LogP contribution in [0.5, 0.6) is 0 Å². The van der Waals surface area contributed by atoms with Gasteiger partial charge in [0.2, 0.25) is 0 Å². The number of carboxylic acids is 1. The minimum absolute atomic E-state index is 0. The number of nitrogen functional groups attached to an aromatic ring is 1. The molecule has 1 aromatic rings. The van der Waals surface area contributed by atoms with Gasteiger partial charge in [-0.3, -0.25) is 0 Å². The Kier molecular flexibility index (Phi) is 3.72. The molecule has 5 nitrogen and oxygen atoms in total. The molecule has 3 N–H and O–H groups in total. The van der Waals surface area contributed by atoms with Crippen molar-refractivity contribution in [1.29, 1.82) is 0 Å². The lowest BCUT2D eigenvalue weighted by molar-refractivity contribution is 0.0697. The molecule has 1 heterocycles. The number of carboxylic acid groups (broad SMARTS) is 1. The number of rotatable bonds is 1. The predicted octanol–water partition coefficient (Wildman–Crippen LogP) is 0.832. The highest BCUT2D eigenvalue weighted by Crippen LogP contribution is 2.11. The highest BCUT2D eigenvalue weighted by molar-refractivity contribution is 6.29. The van der Waals surface area contributed by atoms with Crippen molar-refractivity contribution in [1.82, 2.24) is 10.2 Å². The van der Waals surface area contributed by atoms with Gasteiger partial charge < -0.3 is 10.8 Å². The zero-order valence-corrected chi connectivity index (χ0v) is 7.26. The van der Waals surface area contributed by atoms with E-state index in [9.17, 15) is 4.79 Å². The van der Waals surface area contributed by atoms with E-state index in [0.717, 1.165) is 6.07 Å². The zero-order chi connectivity index (χ0) is 8.43. The molecule has 0 spiro atoms. The second-order valence-electron chi connectivity index (χ2n) is 1.77. The highest BCUT2D eigenvalue weighted by Gasteiger charge is 2.09. The number of halogens is 2. The summed E-state index contributed by atoms with van der Waals surface area (Å²) >= 11 is 5.37. The van der Waals surface area contributed by atoms with E-state index in [1.165, 1.54) is 0 Å². The molecule has 7 heteroatoms. The maximum absolute atomic E-state index is 10.4. The fourth-order valence-corrected chi connectivity index (χ4v) is 0.696. The standard InChI is InChI=1S/C5H4ClN3O2.ClH/c6-3-1-2(5(10)11)4(7)9-8-3;/h1H,(H2,7,9)(H,10,11);1H. The van der Waals surface area contributed by atoms with E-state index in [1.807, 2.05) is 0 Å². The van der Waals surface area contributed by atoms with Crippen LogP contribution in [0.4, 0.5) is 5.82 Å². The van der Waals surface area contributed by atoms with Gasteiger partial charge in [-0.25, -0.2) is 4.79 Å². The number of aromatic nitrogens is 2. The smallest absolute Gasteiger partial charge is 0.339 e. The van der Waals surface area contributed by atoms with Gasteiger partial charge in [-0.2, -0.15) is 0 Å². The average Bonchev–Trinajstić information content (AvgIpc) is 1.94. The molecular weight excluding hydrogens is 205 g/mol. The molecule has 0 aliphatic heterocycles. The Morgan fingerprint density at radius 1 is 1.58 bits per heavy atom. The number of nitrogens with zero attached hydrogens (tertiary/aromatic N) is 2. The summed E-state index contributed by atoms with van der Waals surface area (Å²) in [5.74, 6) is -1.30. The lowest BCUT2D eigenvalue weighted by Gasteiger charge is -1.96. The number of anilines is 1. The van der Waals surface area contributed by atoms with Crippen molar-refractivity contribution in [2.75, 3.05) is 5.73 Å². The average molecular weight is 210 g/mol. The van der Waals surface area contributed by atoms with E-state index in [4.69, 9.17) is 22.4 Å². The van der Waals surface area contributed by atoms with E-state index in [0.29, 0.717) is 0 Å². The Bertz CT molecular complexity index is 305. The number of hydrogen-bond donors (Lipinski definition) is 2. The maximum atomic E-state index is 10.4. The van der Waals surface area contributed by atoms with E-state index in [1.54, 1.807) is 0 Å². The monoisotopic (exact) mass is 209 g/mol. The first-order chi connectivity index (χ1) is 5.11. The second kappa shape index (κ2) is 4.08. The molecule has 0 bridgehead atoms. The van der Waals surface area contributed by atoms with Crippen LogP contribution in [0.25, 0.3) is 0 Å². The summed E-state index contributed by atoms with van der Waals surface area (Å²) < 4.78 is 0. The molecule has 1 aromatic heterocycles. The molecule has 66 valence electrons. The predicted molar refractivity (Wildman–Crippen MR) is 45.7 cm³/mol. The molecule has 0 aromatic carbocycles. The van der Waals surface area contributed by atoms with E-state index in [-0.39, 0.29) is 28.9 Å². The molecular formula is C5H5Cl2N3O2. The van der Waals surface area contributed by atoms with Gasteiger partial charge in [0.25, 0.3) is 0 Å². The van der Waals surface area contributed by atoms with Crippen LogP contribution >= 0.6 is 24.0 Å². The third kappa shape index (κ3) is 2.21. The fraction of sp³-hybridized carbons (Fsp3) is 0. The summed E-state index contributed by atoms with van der Waals surface area (Å²) in [6.07, 6.45) is 0. The summed E-state index contributed by atoms with van der Waals surface area (Å²) in [4.78, 5) is 10.4. The van der Waals surface area contributed by atoms with E-state index in [2.05, 4.69) is 10.2 Å². The van der Waals surface area contributed by atoms with Crippen LogP contribution in [0.2, 0.25) is 5.15 Å². The molecule has 0 radical (unpaired) electrons. The molecule has 0 aliphatic carbocycles. The van der Waals surface area contributed by atoms with Crippen LogP contribution in [0.3, 0.4) is 0 Å². The largest absolute Gasteiger partial charge is 0.478 e. The van der Waals surface area contributed by atoms with Crippen LogP contribution in [0, 0.1) is 0 Å². The van der Waals surface area contributed by atoms with Gasteiger partial charge in [0.15, 0.2) is 11.0 Å². The van der Waals surface area contributed by atoms with Crippen molar-refractivity contribution in [3.05, 3.63) is 16.8 Å². The summed E-state index contributed by atoms with van der Waals surface area (Å²) in [6, 6.07) is 1.15. The van der Waals surface area contributed by atoms with E-state index >= 15 is 0 Å². The Labute approximate surface area is 79.0 Å². The van der Waals surface area contributed by atoms with Crippen molar-refractivity contribution >= 4 is 35.8 Å². The van der Waals surface area contributed by atoms with Gasteiger partial charge in [-0.1, -0.05) is 11.6 Å². The molecule has 0 saturated carbocycles. The molecule has 0 atom stereocenters. The topological polar surface area (TPSA) is 89.1 Å². The van der Waals surface area contributed by atoms with Crippen LogP contribution in [0.1, 0.15) is 10.4 Å². The van der Waals surface area contributed by atoms with Crippen LogP contribution < -0.4 is 5.73 Å². The van der Waals surface area contributed by atoms with Gasteiger partial charge in [-0.15, -0.1) is 22.6 Å². The van der Waals surface area contributed by atoms with Crippen molar-refractivity contribution in [2.24, 2.45) is 0 Å². The van der Waals surface area contributed by atoms with Crippen molar-refractivity contribution < 1.29 is 9.90 Å². The van der Waals surface area contributed by atoms with Gasteiger partial charge in [0.1, 0.15) is 5.56 Å². The molecule has 12 heavy (non-hydrogen) atoms. The SMILES string of the molecule is Cl.Nc1nnc(Cl)cc1C(=O)O. The first kappa shape index (κ1) is 10.9. The molecule has 0 fully saturated rings. The van der Waals surface area contributed by atoms with Gasteiger partial charge in [0, 0.05) is 0 Å². The second-order valence-corrected chi connectivity index (χ2v) is 2.16. The molecule has 1 rings (SSSR count). The first-order valence-corrected chi connectivity index (χ1v) is 3.01. The lowest BCUT2D eigenvalue weighted by Crippen LogP contribution is -2.05. The van der Waals surface area contributed by atoms with Crippen LogP contribution in [-0.4, -0.2) is 21.3 Å². The van der Waals surface area contributed by atoms with Gasteiger partial charge >= 0.3 is 5.97 Å². The molecule has 0 amide bonds. The van der Waals surface area contributed by atoms with Crippen LogP contribution in [0.15, 0.2) is 6.07 Å². The Morgan fingerprint density at radius 2 is 2.17 bits per heavy atom. The van der Waals surface area contributed by atoms with Crippen molar-refractivity contribution in [3.8, 4) is 0 Å². The van der Waals surface area contributed by atoms with Gasteiger partial charge in [-0.05, 0) is 6.07 Å². The Balaban J connectivity index is 0.00000121. The summed E-state index contributed by atoms with van der Waals surface area (Å²) in [6.45, 7) is 0. The number of hydrogen-bond acceptors (Lipinski definition) is 4.